The van der Waals surface area contributed by atoms with E-state index >= 15 is 0 Å². The Bertz CT molecular complexity index is 954. The lowest BCUT2D eigenvalue weighted by Crippen LogP contribution is -2.57. The van der Waals surface area contributed by atoms with Crippen LogP contribution >= 0.6 is 0 Å². The Morgan fingerprint density at radius 3 is 2.10 bits per heavy atom. The van der Waals surface area contributed by atoms with Crippen LogP contribution in [0, 0.1) is 0 Å². The van der Waals surface area contributed by atoms with Gasteiger partial charge in [0, 0.05) is 17.2 Å². The van der Waals surface area contributed by atoms with Crippen LogP contribution in [0.15, 0.2) is 42.5 Å². The van der Waals surface area contributed by atoms with Gasteiger partial charge >= 0.3 is 5.97 Å². The molecule has 29 heavy (non-hydrogen) atoms. The summed E-state index contributed by atoms with van der Waals surface area (Å²) in [6, 6.07) is 13.2. The molecule has 0 aliphatic carbocycles. The third-order valence-corrected chi connectivity index (χ3v) is 13.9. The molecule has 1 heterocycles. The van der Waals surface area contributed by atoms with Crippen molar-refractivity contribution in [3.05, 3.63) is 53.6 Å². The van der Waals surface area contributed by atoms with E-state index in [2.05, 4.69) is 53.5 Å². The number of carboxylic acid groups (broad SMARTS) is 1. The Morgan fingerprint density at radius 1 is 0.966 bits per heavy atom. The van der Waals surface area contributed by atoms with Crippen LogP contribution in [0.1, 0.15) is 31.9 Å². The Hall–Kier alpha value is -2.06. The van der Waals surface area contributed by atoms with Gasteiger partial charge in [-0.25, -0.2) is 0 Å². The summed E-state index contributed by atoms with van der Waals surface area (Å²) in [6.07, 6.45) is 0. The standard InChI is InChI=1S/C23H32O4Si2/c1-22(2,3)29(7,8)27-16-13-14-18-20(15-16)26-19-12-10-9-11-17(19)23(18,21(24)25)28(4,5)6/h9-15H,1-8H3,(H,24,25). The van der Waals surface area contributed by atoms with Crippen LogP contribution < -0.4 is 9.16 Å². The Labute approximate surface area is 176 Å². The molecule has 3 rings (SSSR count). The van der Waals surface area contributed by atoms with Crippen molar-refractivity contribution < 1.29 is 19.1 Å². The molecule has 1 aliphatic heterocycles. The highest BCUT2D eigenvalue weighted by Gasteiger charge is 2.57. The van der Waals surface area contributed by atoms with Crippen LogP contribution in [0.3, 0.4) is 0 Å². The number of ether oxygens (including phenoxy) is 1. The number of rotatable bonds is 4. The van der Waals surface area contributed by atoms with Gasteiger partial charge in [0.05, 0.1) is 8.07 Å². The Morgan fingerprint density at radius 2 is 1.55 bits per heavy atom. The van der Waals surface area contributed by atoms with E-state index in [0.29, 0.717) is 11.5 Å². The fraction of sp³-hybridized carbons (Fsp3) is 0.435. The summed E-state index contributed by atoms with van der Waals surface area (Å²) in [4.78, 5) is 12.8. The van der Waals surface area contributed by atoms with Crippen LogP contribution in [0.25, 0.3) is 0 Å². The van der Waals surface area contributed by atoms with E-state index in [9.17, 15) is 9.90 Å². The smallest absolute Gasteiger partial charge is 0.315 e. The van der Waals surface area contributed by atoms with Crippen LogP contribution in [0.2, 0.25) is 37.8 Å². The maximum Gasteiger partial charge on any atom is 0.315 e. The van der Waals surface area contributed by atoms with Gasteiger partial charge in [-0.1, -0.05) is 64.7 Å². The molecule has 4 nitrogen and oxygen atoms in total. The zero-order valence-electron chi connectivity index (χ0n) is 18.7. The quantitative estimate of drug-likeness (QED) is 0.571. The zero-order valence-corrected chi connectivity index (χ0v) is 20.7. The maximum atomic E-state index is 12.8. The van der Waals surface area contributed by atoms with E-state index in [4.69, 9.17) is 9.16 Å². The summed E-state index contributed by atoms with van der Waals surface area (Å²) in [5.74, 6) is 1.13. The average Bonchev–Trinajstić information content (AvgIpc) is 2.56. The van der Waals surface area contributed by atoms with Gasteiger partial charge in [-0.3, -0.25) is 4.79 Å². The number of hydrogen-bond acceptors (Lipinski definition) is 3. The average molecular weight is 429 g/mol. The number of para-hydroxylation sites is 1. The Kier molecular flexibility index (Phi) is 5.03. The third-order valence-electron chi connectivity index (χ3n) is 6.49. The van der Waals surface area contributed by atoms with Gasteiger partial charge in [0.1, 0.15) is 22.3 Å². The molecule has 0 spiro atoms. The van der Waals surface area contributed by atoms with Gasteiger partial charge in [-0.2, -0.15) is 0 Å². The van der Waals surface area contributed by atoms with Crippen LogP contribution in [0.5, 0.6) is 17.2 Å². The lowest BCUT2D eigenvalue weighted by Gasteiger charge is -2.45. The predicted octanol–water partition coefficient (Wildman–Crippen LogP) is 6.42. The number of carboxylic acids is 1. The van der Waals surface area contributed by atoms with Crippen LogP contribution in [0.4, 0.5) is 0 Å². The van der Waals surface area contributed by atoms with E-state index < -0.39 is 27.4 Å². The fourth-order valence-corrected chi connectivity index (χ4v) is 7.59. The summed E-state index contributed by atoms with van der Waals surface area (Å²) < 4.78 is 12.7. The zero-order chi connectivity index (χ0) is 21.8. The van der Waals surface area contributed by atoms with Crippen molar-refractivity contribution in [3.8, 4) is 17.2 Å². The second-order valence-corrected chi connectivity index (χ2v) is 20.4. The van der Waals surface area contributed by atoms with Gasteiger partial charge in [-0.15, -0.1) is 0 Å². The molecular weight excluding hydrogens is 396 g/mol. The van der Waals surface area contributed by atoms with Crippen molar-refractivity contribution in [1.29, 1.82) is 0 Å². The summed E-state index contributed by atoms with van der Waals surface area (Å²) in [7, 11) is -4.30. The maximum absolute atomic E-state index is 12.8. The largest absolute Gasteiger partial charge is 0.543 e. The minimum Gasteiger partial charge on any atom is -0.543 e. The topological polar surface area (TPSA) is 55.8 Å². The van der Waals surface area contributed by atoms with Crippen molar-refractivity contribution in [2.45, 2.75) is 63.6 Å². The monoisotopic (exact) mass is 428 g/mol. The first-order valence-electron chi connectivity index (χ1n) is 10.1. The second-order valence-electron chi connectivity index (χ2n) is 10.4. The summed E-state index contributed by atoms with van der Waals surface area (Å²) >= 11 is 0. The number of benzene rings is 2. The molecule has 0 saturated heterocycles. The summed E-state index contributed by atoms with van der Waals surface area (Å²) in [5, 5.41) is 9.53. The first-order chi connectivity index (χ1) is 13.2. The molecule has 0 amide bonds. The third kappa shape index (κ3) is 3.32. The molecule has 0 fully saturated rings. The van der Waals surface area contributed by atoms with Crippen molar-refractivity contribution in [2.24, 2.45) is 0 Å². The first-order valence-corrected chi connectivity index (χ1v) is 16.5. The molecule has 1 aliphatic rings. The van der Waals surface area contributed by atoms with E-state index in [1.165, 1.54) is 0 Å². The number of fused-ring (bicyclic) bond motifs is 2. The normalized spacial score (nSPS) is 19.0. The van der Waals surface area contributed by atoms with E-state index in [1.807, 2.05) is 42.5 Å². The summed E-state index contributed by atoms with van der Waals surface area (Å²) in [5.41, 5.74) is 1.47. The molecule has 156 valence electrons. The molecule has 2 aromatic carbocycles. The molecule has 1 unspecified atom stereocenters. The van der Waals surface area contributed by atoms with Crippen LogP contribution in [-0.2, 0) is 9.83 Å². The highest BCUT2D eigenvalue weighted by molar-refractivity contribution is 6.83. The molecule has 1 N–H and O–H groups in total. The molecule has 0 bridgehead atoms. The highest BCUT2D eigenvalue weighted by Crippen LogP contribution is 2.53. The summed E-state index contributed by atoms with van der Waals surface area (Å²) in [6.45, 7) is 17.3. The molecule has 0 saturated carbocycles. The molecule has 2 aromatic rings. The van der Waals surface area contributed by atoms with E-state index in [0.717, 1.165) is 16.9 Å². The molecular formula is C23H32O4Si2. The van der Waals surface area contributed by atoms with Gasteiger partial charge in [0.2, 0.25) is 8.32 Å². The Balaban J connectivity index is 2.21. The first kappa shape index (κ1) is 21.6. The van der Waals surface area contributed by atoms with Crippen molar-refractivity contribution in [3.63, 3.8) is 0 Å². The molecule has 1 atom stereocenters. The van der Waals surface area contributed by atoms with E-state index in [-0.39, 0.29) is 5.04 Å². The van der Waals surface area contributed by atoms with Gasteiger partial charge < -0.3 is 14.3 Å². The molecule has 0 aromatic heterocycles. The van der Waals surface area contributed by atoms with E-state index in [1.54, 1.807) is 0 Å². The second kappa shape index (κ2) is 6.74. The van der Waals surface area contributed by atoms with Crippen molar-refractivity contribution >= 4 is 22.4 Å². The fourth-order valence-electron chi connectivity index (χ4n) is 3.90. The minimum atomic E-state index is -2.28. The number of carbonyl (C=O) groups is 1. The van der Waals surface area contributed by atoms with Crippen molar-refractivity contribution in [1.82, 2.24) is 0 Å². The molecule has 6 heteroatoms. The predicted molar refractivity (Wildman–Crippen MR) is 123 cm³/mol. The lowest BCUT2D eigenvalue weighted by atomic mass is 9.86. The minimum absolute atomic E-state index is 0.0690. The molecule has 0 radical (unpaired) electrons. The van der Waals surface area contributed by atoms with Crippen LogP contribution in [-0.4, -0.2) is 27.5 Å². The number of hydrogen-bond donors (Lipinski definition) is 1. The SMILES string of the molecule is CC(C)(C)[Si](C)(C)Oc1ccc2c(c1)Oc1ccccc1C2(C(=O)O)[Si](C)(C)C. The van der Waals surface area contributed by atoms with Crippen molar-refractivity contribution in [2.75, 3.05) is 0 Å². The van der Waals surface area contributed by atoms with Gasteiger partial charge in [0.25, 0.3) is 0 Å². The highest BCUT2D eigenvalue weighted by atomic mass is 28.4. The van der Waals surface area contributed by atoms with Gasteiger partial charge in [0.15, 0.2) is 0 Å². The number of aliphatic carboxylic acids is 1. The lowest BCUT2D eigenvalue weighted by molar-refractivity contribution is -0.139. The van der Waals surface area contributed by atoms with Gasteiger partial charge in [-0.05, 0) is 30.3 Å².